The number of unbranched alkanes of at least 4 members (excludes halogenated alkanes) is 4. The summed E-state index contributed by atoms with van der Waals surface area (Å²) in [6, 6.07) is 3.67. The summed E-state index contributed by atoms with van der Waals surface area (Å²) in [5.41, 5.74) is 2.26. The number of phenolic OH excluding ortho intramolecular Hbond substituents is 2. The van der Waals surface area contributed by atoms with Gasteiger partial charge in [-0.15, -0.1) is 0 Å². The number of hydrogen-bond acceptors (Lipinski definition) is 15. The lowest BCUT2D eigenvalue weighted by Crippen LogP contribution is -2.60. The lowest BCUT2D eigenvalue weighted by atomic mass is 9.62. The molecule has 17 heteroatoms. The Kier molecular flexibility index (Phi) is 12.5. The molecule has 6 rings (SSSR count). The highest BCUT2D eigenvalue weighted by atomic mass is 16.7. The summed E-state index contributed by atoms with van der Waals surface area (Å²) >= 11 is 0. The average Bonchev–Trinajstić information content (AvgIpc) is 3.51. The molecule has 2 heterocycles. The highest BCUT2D eigenvalue weighted by Crippen LogP contribution is 2.54. The van der Waals surface area contributed by atoms with Crippen molar-refractivity contribution in [2.24, 2.45) is 10.8 Å². The van der Waals surface area contributed by atoms with Crippen molar-refractivity contribution in [3.8, 4) is 17.2 Å². The summed E-state index contributed by atoms with van der Waals surface area (Å²) in [4.78, 5) is 65.6. The van der Waals surface area contributed by atoms with Crippen LogP contribution in [0.1, 0.15) is 115 Å². The van der Waals surface area contributed by atoms with Crippen LogP contribution in [0.5, 0.6) is 17.2 Å². The number of hydrogen-bond donors (Lipinski definition) is 7. The first-order valence-electron chi connectivity index (χ1n) is 19.7. The van der Waals surface area contributed by atoms with E-state index in [1.165, 1.54) is 42.4 Å². The monoisotopic (exact) mass is 820 g/mol. The molecule has 1 unspecified atom stereocenters. The van der Waals surface area contributed by atoms with Gasteiger partial charge >= 0.3 is 0 Å². The Bertz CT molecular complexity index is 2080. The van der Waals surface area contributed by atoms with Gasteiger partial charge in [-0.05, 0) is 39.2 Å². The Labute approximate surface area is 340 Å². The molecule has 0 saturated carbocycles. The van der Waals surface area contributed by atoms with Crippen LogP contribution in [0.25, 0.3) is 0 Å². The van der Waals surface area contributed by atoms with E-state index in [1.54, 1.807) is 20.8 Å². The van der Waals surface area contributed by atoms with Gasteiger partial charge in [-0.2, -0.15) is 5.10 Å². The summed E-state index contributed by atoms with van der Waals surface area (Å²) in [5.74, 6) is -3.87. The fourth-order valence-corrected chi connectivity index (χ4v) is 8.60. The first-order chi connectivity index (χ1) is 27.9. The molecule has 2 aliphatic heterocycles. The molecule has 2 aromatic carbocycles. The number of aliphatic hydroxyl groups excluding tert-OH is 1. The number of carbonyl (C=O) groups excluding carboxylic acids is 5. The van der Waals surface area contributed by atoms with Crippen LogP contribution in [0.2, 0.25) is 0 Å². The van der Waals surface area contributed by atoms with E-state index in [0.717, 1.165) is 12.8 Å². The number of rotatable bonds is 15. The SMILES string of the molecule is COc1cccc2c1C(=O)c1c(O)c3c(c(O)c1C2=O)C[C@@](O)(/C(CO)=N/NC(=O)CCCCCCCN1C(=O)C=CC1=O)C[C@]3(C)COC1C[C@H](N)[C@](C)(O)[C@H](C)O1. The number of nitrogens with one attached hydrogen (secondary N) is 1. The molecular weight excluding hydrogens is 768 g/mol. The van der Waals surface area contributed by atoms with E-state index in [-0.39, 0.29) is 71.4 Å². The van der Waals surface area contributed by atoms with Crippen molar-refractivity contribution in [2.75, 3.05) is 26.9 Å². The third kappa shape index (κ3) is 8.14. The van der Waals surface area contributed by atoms with Crippen LogP contribution in [-0.2, 0) is 35.7 Å². The highest BCUT2D eigenvalue weighted by Gasteiger charge is 2.53. The van der Waals surface area contributed by atoms with Gasteiger partial charge in [0.05, 0.1) is 48.8 Å². The van der Waals surface area contributed by atoms with Gasteiger partial charge in [0.15, 0.2) is 12.1 Å². The zero-order valence-electron chi connectivity index (χ0n) is 33.6. The number of nitrogens with two attached hydrogens (primary N) is 1. The number of fused-ring (bicyclic) bond motifs is 3. The highest BCUT2D eigenvalue weighted by molar-refractivity contribution is 6.31. The second-order valence-electron chi connectivity index (χ2n) is 16.3. The van der Waals surface area contributed by atoms with Crippen molar-refractivity contribution in [3.05, 3.63) is 63.7 Å². The molecule has 0 aromatic heterocycles. The predicted octanol–water partition coefficient (Wildman–Crippen LogP) is 1.78. The fraction of sp³-hybridized carbons (Fsp3) is 0.524. The summed E-state index contributed by atoms with van der Waals surface area (Å²) in [6.45, 7) is 3.94. The second-order valence-corrected chi connectivity index (χ2v) is 16.3. The second kappa shape index (κ2) is 16.9. The molecular formula is C42H52N4O13. The Morgan fingerprint density at radius 1 is 0.983 bits per heavy atom. The number of nitrogens with zero attached hydrogens (tertiary/aromatic N) is 2. The van der Waals surface area contributed by atoms with Crippen molar-refractivity contribution in [1.82, 2.24) is 10.3 Å². The quantitative estimate of drug-likeness (QED) is 0.0379. The molecule has 3 amide bonds. The molecule has 59 heavy (non-hydrogen) atoms. The van der Waals surface area contributed by atoms with E-state index in [0.29, 0.717) is 25.8 Å². The average molecular weight is 821 g/mol. The summed E-state index contributed by atoms with van der Waals surface area (Å²) in [7, 11) is 1.33. The van der Waals surface area contributed by atoms with Crippen LogP contribution in [0, 0.1) is 0 Å². The maximum Gasteiger partial charge on any atom is 0.253 e. The molecule has 318 valence electrons. The largest absolute Gasteiger partial charge is 0.507 e. The molecule has 0 radical (unpaired) electrons. The van der Waals surface area contributed by atoms with E-state index >= 15 is 0 Å². The Balaban J connectivity index is 1.25. The number of benzene rings is 2. The molecule has 4 aliphatic rings. The summed E-state index contributed by atoms with van der Waals surface area (Å²) < 4.78 is 17.5. The van der Waals surface area contributed by atoms with Gasteiger partial charge in [0.2, 0.25) is 11.7 Å². The van der Waals surface area contributed by atoms with E-state index in [9.17, 15) is 49.5 Å². The van der Waals surface area contributed by atoms with Gasteiger partial charge in [-0.25, -0.2) is 5.43 Å². The number of amides is 3. The van der Waals surface area contributed by atoms with Crippen LogP contribution >= 0.6 is 0 Å². The Morgan fingerprint density at radius 3 is 2.31 bits per heavy atom. The standard InChI is InChI=1S/C42H52N4O13/c1-22-41(3,55)26(43)17-31(59-22)58-21-40(2)20-42(56,27(19-47)44-45-28(48)13-8-6-5-7-9-16-46-29(49)14-15-30(46)50)18-24-35(40)39(54)34-33(37(24)52)36(51)23-11-10-12-25(57-4)32(23)38(34)53/h10-12,14-15,22,26,31,47,52,54-56H,5-9,13,16-21,43H2,1-4H3,(H,45,48)/b44-27+/t22-,26-,31?,40+,41+,42-/m0/s1. The van der Waals surface area contributed by atoms with Gasteiger partial charge in [-0.3, -0.25) is 28.9 Å². The Morgan fingerprint density at radius 2 is 1.64 bits per heavy atom. The normalized spacial score (nSPS) is 27.8. The first kappa shape index (κ1) is 43.5. The summed E-state index contributed by atoms with van der Waals surface area (Å²) in [5, 5.41) is 61.9. The predicted molar refractivity (Wildman–Crippen MR) is 210 cm³/mol. The van der Waals surface area contributed by atoms with Crippen LogP contribution in [0.4, 0.5) is 0 Å². The number of imide groups is 1. The van der Waals surface area contributed by atoms with Crippen LogP contribution in [-0.4, -0.2) is 122 Å². The van der Waals surface area contributed by atoms with Crippen molar-refractivity contribution < 1.29 is 63.7 Å². The van der Waals surface area contributed by atoms with Gasteiger partial charge in [0.25, 0.3) is 11.8 Å². The lowest BCUT2D eigenvalue weighted by molar-refractivity contribution is -0.254. The molecule has 2 aliphatic carbocycles. The Hall–Kier alpha value is -5.04. The maximum atomic E-state index is 14.1. The molecule has 8 N–H and O–H groups in total. The van der Waals surface area contributed by atoms with Crippen LogP contribution < -0.4 is 15.9 Å². The third-order valence-corrected chi connectivity index (χ3v) is 12.1. The number of ketones is 2. The number of aromatic hydroxyl groups is 2. The van der Waals surface area contributed by atoms with Gasteiger partial charge < -0.3 is 45.5 Å². The number of carbonyl (C=O) groups is 5. The first-order valence-corrected chi connectivity index (χ1v) is 19.7. The number of hydrazone groups is 1. The zero-order chi connectivity index (χ0) is 43.0. The minimum atomic E-state index is -2.11. The number of phenols is 2. The molecule has 1 fully saturated rings. The summed E-state index contributed by atoms with van der Waals surface area (Å²) in [6.07, 6.45) is 3.41. The van der Waals surface area contributed by atoms with E-state index < -0.39 is 88.2 Å². The minimum Gasteiger partial charge on any atom is -0.507 e. The number of methoxy groups -OCH3 is 1. The fourth-order valence-electron chi connectivity index (χ4n) is 8.60. The van der Waals surface area contributed by atoms with Gasteiger partial charge in [0, 0.05) is 66.1 Å². The molecule has 1 saturated heterocycles. The number of ether oxygens (including phenoxy) is 3. The van der Waals surface area contributed by atoms with Gasteiger partial charge in [0.1, 0.15) is 28.5 Å². The van der Waals surface area contributed by atoms with Crippen molar-refractivity contribution in [3.63, 3.8) is 0 Å². The minimum absolute atomic E-state index is 0.00898. The van der Waals surface area contributed by atoms with Gasteiger partial charge in [-0.1, -0.05) is 38.3 Å². The smallest absolute Gasteiger partial charge is 0.253 e. The van der Waals surface area contributed by atoms with E-state index in [4.69, 9.17) is 19.9 Å². The van der Waals surface area contributed by atoms with Crippen molar-refractivity contribution >= 4 is 35.0 Å². The molecule has 2 aromatic rings. The van der Waals surface area contributed by atoms with Crippen molar-refractivity contribution in [1.29, 1.82) is 0 Å². The van der Waals surface area contributed by atoms with Crippen LogP contribution in [0.15, 0.2) is 35.5 Å². The molecule has 6 atom stereocenters. The maximum absolute atomic E-state index is 14.1. The van der Waals surface area contributed by atoms with Crippen molar-refractivity contribution in [2.45, 2.75) is 114 Å². The topological polar surface area (TPSA) is 268 Å². The lowest BCUT2D eigenvalue weighted by Gasteiger charge is -2.47. The third-order valence-electron chi connectivity index (χ3n) is 12.1. The van der Waals surface area contributed by atoms with Crippen LogP contribution in [0.3, 0.4) is 0 Å². The zero-order valence-corrected chi connectivity index (χ0v) is 33.6. The molecule has 0 bridgehead atoms. The number of aliphatic hydroxyl groups is 3. The molecule has 0 spiro atoms. The van der Waals surface area contributed by atoms with E-state index in [1.807, 2.05) is 0 Å². The van der Waals surface area contributed by atoms with E-state index in [2.05, 4.69) is 10.5 Å². The molecule has 17 nitrogen and oxygen atoms in total.